The van der Waals surface area contributed by atoms with Crippen molar-refractivity contribution in [3.8, 4) is 0 Å². The highest BCUT2D eigenvalue weighted by Crippen LogP contribution is 2.42. The predicted octanol–water partition coefficient (Wildman–Crippen LogP) is 7.73. The second-order valence-corrected chi connectivity index (χ2v) is 11.8. The van der Waals surface area contributed by atoms with Crippen LogP contribution in [0.2, 0.25) is 0 Å². The third-order valence-corrected chi connectivity index (χ3v) is 9.14. The summed E-state index contributed by atoms with van der Waals surface area (Å²) in [5.41, 5.74) is 6.70. The number of rotatable bonds is 9. The third-order valence-electron chi connectivity index (χ3n) is 9.14. The lowest BCUT2D eigenvalue weighted by atomic mass is 9.73. The highest BCUT2D eigenvalue weighted by atomic mass is 16.4. The molecule has 5 rings (SSSR count). The van der Waals surface area contributed by atoms with Crippen LogP contribution in [0.1, 0.15) is 105 Å². The second-order valence-electron chi connectivity index (χ2n) is 11.8. The van der Waals surface area contributed by atoms with Gasteiger partial charge in [-0.3, -0.25) is 9.59 Å². The zero-order valence-corrected chi connectivity index (χ0v) is 23.0. The van der Waals surface area contributed by atoms with E-state index in [2.05, 4.69) is 31.2 Å². The van der Waals surface area contributed by atoms with Gasteiger partial charge in [0.25, 0.3) is 0 Å². The fourth-order valence-corrected chi connectivity index (χ4v) is 7.03. The Balaban J connectivity index is 1.16. The maximum atomic E-state index is 12.9. The maximum Gasteiger partial charge on any atom is 0.336 e. The lowest BCUT2D eigenvalue weighted by Crippen LogP contribution is -2.24. The first-order valence-electron chi connectivity index (χ1n) is 14.4. The van der Waals surface area contributed by atoms with Crippen LogP contribution in [-0.2, 0) is 19.3 Å². The van der Waals surface area contributed by atoms with Crippen molar-refractivity contribution in [3.05, 3.63) is 106 Å². The summed E-state index contributed by atoms with van der Waals surface area (Å²) >= 11 is 0. The van der Waals surface area contributed by atoms with Gasteiger partial charge in [-0.15, -0.1) is 0 Å². The van der Waals surface area contributed by atoms with Gasteiger partial charge < -0.3 is 5.11 Å². The minimum atomic E-state index is -1.04. The Bertz CT molecular complexity index is 1380. The highest BCUT2D eigenvalue weighted by molar-refractivity contribution is 6.05. The van der Waals surface area contributed by atoms with Crippen molar-refractivity contribution in [1.82, 2.24) is 0 Å². The summed E-state index contributed by atoms with van der Waals surface area (Å²) in [6, 6.07) is 21.5. The number of Topliss-reactive ketones (excluding diaryl/α,β-unsaturated/α-hetero) is 2. The SMILES string of the molecule is CC(=O)c1ccccc1C(C)Cc1ccc2c(c1)CC(C1CCC(CC(=O)c3ccccc3C(=O)O)CC1)C2. The molecule has 2 aliphatic carbocycles. The summed E-state index contributed by atoms with van der Waals surface area (Å²) in [5, 5.41) is 9.43. The molecule has 0 aromatic heterocycles. The number of benzene rings is 3. The zero-order valence-electron chi connectivity index (χ0n) is 23.0. The molecule has 0 aliphatic heterocycles. The number of fused-ring (bicyclic) bond motifs is 1. The molecule has 1 fully saturated rings. The minimum absolute atomic E-state index is 0.0441. The Morgan fingerprint density at radius 3 is 2.13 bits per heavy atom. The summed E-state index contributed by atoms with van der Waals surface area (Å²) in [6.07, 6.45) is 7.99. The smallest absolute Gasteiger partial charge is 0.336 e. The van der Waals surface area contributed by atoms with Crippen LogP contribution in [0.25, 0.3) is 0 Å². The molecule has 39 heavy (non-hydrogen) atoms. The van der Waals surface area contributed by atoms with Crippen LogP contribution in [0.5, 0.6) is 0 Å². The number of carbonyl (C=O) groups excluding carboxylic acids is 2. The molecule has 4 heteroatoms. The molecule has 2 atom stereocenters. The Kier molecular flexibility index (Phi) is 8.11. The Morgan fingerprint density at radius 2 is 1.44 bits per heavy atom. The molecular formula is C35H38O4. The van der Waals surface area contributed by atoms with Gasteiger partial charge in [0.1, 0.15) is 0 Å². The number of aromatic carboxylic acids is 1. The molecule has 3 aromatic rings. The Morgan fingerprint density at radius 1 is 0.795 bits per heavy atom. The van der Waals surface area contributed by atoms with Gasteiger partial charge in [0, 0.05) is 17.5 Å². The van der Waals surface area contributed by atoms with Crippen LogP contribution < -0.4 is 0 Å². The number of hydrogen-bond acceptors (Lipinski definition) is 3. The molecule has 3 aromatic carbocycles. The van der Waals surface area contributed by atoms with Crippen molar-refractivity contribution >= 4 is 17.5 Å². The van der Waals surface area contributed by atoms with E-state index in [-0.39, 0.29) is 23.0 Å². The zero-order chi connectivity index (χ0) is 27.5. The fraction of sp³-hybridized carbons (Fsp3) is 0.400. The normalized spacial score (nSPS) is 21.2. The van der Waals surface area contributed by atoms with Crippen molar-refractivity contribution in [1.29, 1.82) is 0 Å². The van der Waals surface area contributed by atoms with Crippen molar-refractivity contribution in [3.63, 3.8) is 0 Å². The average molecular weight is 523 g/mol. The van der Waals surface area contributed by atoms with Crippen molar-refractivity contribution in [2.24, 2.45) is 17.8 Å². The largest absolute Gasteiger partial charge is 0.478 e. The van der Waals surface area contributed by atoms with Gasteiger partial charge in [-0.25, -0.2) is 4.79 Å². The molecule has 0 radical (unpaired) electrons. The van der Waals surface area contributed by atoms with E-state index in [1.165, 1.54) is 22.8 Å². The summed E-state index contributed by atoms with van der Waals surface area (Å²) < 4.78 is 0. The summed E-state index contributed by atoms with van der Waals surface area (Å²) in [4.78, 5) is 36.5. The molecular weight excluding hydrogens is 484 g/mol. The lowest BCUT2D eigenvalue weighted by Gasteiger charge is -2.32. The van der Waals surface area contributed by atoms with Crippen molar-refractivity contribution in [2.75, 3.05) is 0 Å². The van der Waals surface area contributed by atoms with Crippen LogP contribution in [0.3, 0.4) is 0 Å². The molecule has 2 aliphatic rings. The number of hydrogen-bond donors (Lipinski definition) is 1. The average Bonchev–Trinajstić information content (AvgIpc) is 3.37. The highest BCUT2D eigenvalue weighted by Gasteiger charge is 2.33. The Hall–Kier alpha value is -3.53. The quantitative estimate of drug-likeness (QED) is 0.292. The molecule has 0 bridgehead atoms. The number of carboxylic acids is 1. The van der Waals surface area contributed by atoms with Crippen LogP contribution in [0.15, 0.2) is 66.7 Å². The summed E-state index contributed by atoms with van der Waals surface area (Å²) in [7, 11) is 0. The van der Waals surface area contributed by atoms with Gasteiger partial charge in [0.05, 0.1) is 5.56 Å². The van der Waals surface area contributed by atoms with Crippen molar-refractivity contribution in [2.45, 2.75) is 71.1 Å². The molecule has 0 spiro atoms. The van der Waals surface area contributed by atoms with Gasteiger partial charge in [-0.2, -0.15) is 0 Å². The number of carbonyl (C=O) groups is 3. The van der Waals surface area contributed by atoms with Crippen LogP contribution in [0.4, 0.5) is 0 Å². The molecule has 1 saturated carbocycles. The predicted molar refractivity (Wildman–Crippen MR) is 154 cm³/mol. The van der Waals surface area contributed by atoms with E-state index in [0.717, 1.165) is 56.1 Å². The standard InChI is InChI=1S/C35H38O4/c1-22(30-7-3-4-8-31(30)23(2)36)17-25-13-16-27-20-29(21-28(27)18-25)26-14-11-24(12-15-26)19-34(37)32-9-5-6-10-33(32)35(38)39/h3-10,13,16,18,22,24,26,29H,11-12,14-15,17,19-21H2,1-2H3,(H,38,39). The van der Waals surface area contributed by atoms with Gasteiger partial charge >= 0.3 is 5.97 Å². The van der Waals surface area contributed by atoms with E-state index >= 15 is 0 Å². The van der Waals surface area contributed by atoms with Gasteiger partial charge in [0.15, 0.2) is 11.6 Å². The molecule has 0 saturated heterocycles. The van der Waals surface area contributed by atoms with Gasteiger partial charge in [-0.05, 0) is 104 Å². The first-order chi connectivity index (χ1) is 18.8. The lowest BCUT2D eigenvalue weighted by molar-refractivity contribution is 0.0690. The number of carboxylic acid groups (broad SMARTS) is 1. The molecule has 0 heterocycles. The first kappa shape index (κ1) is 27.1. The van der Waals surface area contributed by atoms with Crippen LogP contribution in [0, 0.1) is 17.8 Å². The molecule has 0 amide bonds. The van der Waals surface area contributed by atoms with Crippen LogP contribution in [-0.4, -0.2) is 22.6 Å². The first-order valence-corrected chi connectivity index (χ1v) is 14.4. The second kappa shape index (κ2) is 11.7. The van der Waals surface area contributed by atoms with Crippen LogP contribution >= 0.6 is 0 Å². The maximum absolute atomic E-state index is 12.9. The monoisotopic (exact) mass is 522 g/mol. The minimum Gasteiger partial charge on any atom is -0.478 e. The molecule has 1 N–H and O–H groups in total. The van der Waals surface area contributed by atoms with E-state index in [4.69, 9.17) is 0 Å². The van der Waals surface area contributed by atoms with E-state index < -0.39 is 5.97 Å². The van der Waals surface area contributed by atoms with E-state index in [0.29, 0.717) is 29.7 Å². The van der Waals surface area contributed by atoms with E-state index in [1.54, 1.807) is 25.1 Å². The van der Waals surface area contributed by atoms with Crippen molar-refractivity contribution < 1.29 is 19.5 Å². The van der Waals surface area contributed by atoms with E-state index in [9.17, 15) is 19.5 Å². The fourth-order valence-electron chi connectivity index (χ4n) is 7.03. The summed E-state index contributed by atoms with van der Waals surface area (Å²) in [6.45, 7) is 3.85. The van der Waals surface area contributed by atoms with Gasteiger partial charge in [0.2, 0.25) is 0 Å². The number of ketones is 2. The van der Waals surface area contributed by atoms with E-state index in [1.807, 2.05) is 18.2 Å². The molecule has 2 unspecified atom stereocenters. The topological polar surface area (TPSA) is 71.4 Å². The molecule has 202 valence electrons. The Labute approximate surface area is 231 Å². The molecule has 4 nitrogen and oxygen atoms in total. The van der Waals surface area contributed by atoms with Gasteiger partial charge in [-0.1, -0.05) is 67.6 Å². The summed E-state index contributed by atoms with van der Waals surface area (Å²) in [5.74, 6) is 0.999. The third kappa shape index (κ3) is 6.06.